The number of hydrogen-bond acceptors (Lipinski definition) is 5. The van der Waals surface area contributed by atoms with Gasteiger partial charge in [-0.3, -0.25) is 4.79 Å². The van der Waals surface area contributed by atoms with Crippen LogP contribution in [0.15, 0.2) is 6.07 Å². The lowest BCUT2D eigenvalue weighted by atomic mass is 9.82. The van der Waals surface area contributed by atoms with E-state index >= 15 is 0 Å². The van der Waals surface area contributed by atoms with E-state index in [1.165, 1.54) is 18.4 Å². The molecule has 3 rings (SSSR count). The van der Waals surface area contributed by atoms with Crippen LogP contribution in [0.25, 0.3) is 0 Å². The number of carbonyl (C=O) groups excluding carboxylic acids is 2. The van der Waals surface area contributed by atoms with Gasteiger partial charge in [0.25, 0.3) is 0 Å². The van der Waals surface area contributed by atoms with Gasteiger partial charge in [0.05, 0.1) is 23.7 Å². The zero-order chi connectivity index (χ0) is 21.9. The van der Waals surface area contributed by atoms with Crippen molar-refractivity contribution in [3.8, 4) is 11.8 Å². The van der Waals surface area contributed by atoms with Crippen LogP contribution >= 0.6 is 11.3 Å². The highest BCUT2D eigenvalue weighted by molar-refractivity contribution is 7.15. The number of nitrogens with one attached hydrogen (secondary N) is 1. The van der Waals surface area contributed by atoms with Gasteiger partial charge in [-0.2, -0.15) is 0 Å². The van der Waals surface area contributed by atoms with E-state index in [1.54, 1.807) is 0 Å². The highest BCUT2D eigenvalue weighted by Crippen LogP contribution is 2.37. The number of ether oxygens (including phenoxy) is 1. The van der Waals surface area contributed by atoms with Gasteiger partial charge < -0.3 is 15.0 Å². The highest BCUT2D eigenvalue weighted by Gasteiger charge is 2.37. The molecule has 1 saturated carbocycles. The summed E-state index contributed by atoms with van der Waals surface area (Å²) in [4.78, 5) is 29.5. The summed E-state index contributed by atoms with van der Waals surface area (Å²) in [5.41, 5.74) is 0.529. The molecule has 0 bridgehead atoms. The Balaban J connectivity index is 2.00. The van der Waals surface area contributed by atoms with Crippen LogP contribution < -0.4 is 10.2 Å². The van der Waals surface area contributed by atoms with Crippen molar-refractivity contribution in [2.45, 2.75) is 65.8 Å². The Labute approximate surface area is 184 Å². The van der Waals surface area contributed by atoms with Crippen LogP contribution in [-0.4, -0.2) is 38.1 Å². The van der Waals surface area contributed by atoms with Crippen LogP contribution in [0.1, 0.15) is 74.3 Å². The van der Waals surface area contributed by atoms with E-state index in [0.717, 1.165) is 50.1 Å². The molecule has 2 aliphatic rings. The minimum absolute atomic E-state index is 0.0244. The SMILES string of the molecule is COC(=O)c1sc(C#CC(C)(C)C)cc1N(C(=O)C1CCC(C)CC1)[C@H]1CCNC1. The zero-order valence-corrected chi connectivity index (χ0v) is 19.7. The van der Waals surface area contributed by atoms with Crippen molar-refractivity contribution in [1.29, 1.82) is 0 Å². The van der Waals surface area contributed by atoms with Crippen molar-refractivity contribution in [1.82, 2.24) is 5.32 Å². The molecule has 2 fully saturated rings. The van der Waals surface area contributed by atoms with Crippen molar-refractivity contribution in [2.24, 2.45) is 17.3 Å². The van der Waals surface area contributed by atoms with Gasteiger partial charge in [0.15, 0.2) is 0 Å². The number of rotatable bonds is 4. The lowest BCUT2D eigenvalue weighted by Crippen LogP contribution is -2.46. The number of methoxy groups -OCH3 is 1. The van der Waals surface area contributed by atoms with Crippen molar-refractivity contribution in [3.63, 3.8) is 0 Å². The van der Waals surface area contributed by atoms with Crippen molar-refractivity contribution in [2.75, 3.05) is 25.1 Å². The van der Waals surface area contributed by atoms with Crippen molar-refractivity contribution >= 4 is 28.9 Å². The molecule has 0 spiro atoms. The summed E-state index contributed by atoms with van der Waals surface area (Å²) in [6.45, 7) is 10.0. The van der Waals surface area contributed by atoms with Crippen LogP contribution in [0.5, 0.6) is 0 Å². The van der Waals surface area contributed by atoms with Crippen LogP contribution in [0, 0.1) is 29.1 Å². The van der Waals surface area contributed by atoms with E-state index < -0.39 is 5.97 Å². The Hall–Kier alpha value is -1.84. The highest BCUT2D eigenvalue weighted by atomic mass is 32.1. The standard InChI is InChI=1S/C24H34N2O3S/c1-16-6-8-17(9-7-16)22(27)26(18-11-13-25-15-18)20-14-19(10-12-24(2,3)4)30-21(20)23(28)29-5/h14,16-18,25H,6-9,11,13,15H2,1-5H3/t16?,17?,18-/m0/s1. The minimum atomic E-state index is -0.403. The summed E-state index contributed by atoms with van der Waals surface area (Å²) < 4.78 is 5.06. The van der Waals surface area contributed by atoms with Crippen LogP contribution in [0.3, 0.4) is 0 Å². The lowest BCUT2D eigenvalue weighted by molar-refractivity contribution is -0.124. The van der Waals surface area contributed by atoms with Gasteiger partial charge in [0, 0.05) is 17.9 Å². The average Bonchev–Trinajstić information content (AvgIpc) is 3.37. The maximum atomic E-state index is 13.7. The zero-order valence-electron chi connectivity index (χ0n) is 18.8. The molecule has 1 atom stereocenters. The molecule has 2 heterocycles. The normalized spacial score (nSPS) is 24.1. The summed E-state index contributed by atoms with van der Waals surface area (Å²) in [7, 11) is 1.39. The van der Waals surface area contributed by atoms with E-state index in [1.807, 2.05) is 11.0 Å². The van der Waals surface area contributed by atoms with Crippen LogP contribution in [0.4, 0.5) is 5.69 Å². The lowest BCUT2D eigenvalue weighted by Gasteiger charge is -2.34. The summed E-state index contributed by atoms with van der Waals surface area (Å²) in [5.74, 6) is 6.89. The molecule has 0 unspecified atom stereocenters. The smallest absolute Gasteiger partial charge is 0.350 e. The quantitative estimate of drug-likeness (QED) is 0.566. The molecule has 6 heteroatoms. The minimum Gasteiger partial charge on any atom is -0.465 e. The molecule has 1 aliphatic carbocycles. The van der Waals surface area contributed by atoms with Gasteiger partial charge in [-0.05, 0) is 71.4 Å². The third-order valence-corrected chi connectivity index (χ3v) is 6.93. The number of anilines is 1. The van der Waals surface area contributed by atoms with Gasteiger partial charge >= 0.3 is 5.97 Å². The van der Waals surface area contributed by atoms with Gasteiger partial charge in [-0.15, -0.1) is 11.3 Å². The van der Waals surface area contributed by atoms with Gasteiger partial charge in [-0.1, -0.05) is 18.8 Å². The summed E-state index contributed by atoms with van der Waals surface area (Å²) in [6.07, 6.45) is 4.90. The largest absolute Gasteiger partial charge is 0.465 e. The molecule has 1 amide bonds. The fraction of sp³-hybridized carbons (Fsp3) is 0.667. The summed E-state index contributed by atoms with van der Waals surface area (Å²) >= 11 is 1.32. The molecular weight excluding hydrogens is 396 g/mol. The van der Waals surface area contributed by atoms with E-state index in [4.69, 9.17) is 4.74 Å². The van der Waals surface area contributed by atoms with Crippen LogP contribution in [-0.2, 0) is 9.53 Å². The maximum absolute atomic E-state index is 13.7. The van der Waals surface area contributed by atoms with Crippen molar-refractivity contribution < 1.29 is 14.3 Å². The first-order chi connectivity index (χ1) is 14.2. The van der Waals surface area contributed by atoms with Gasteiger partial charge in [0.2, 0.25) is 5.91 Å². The Kier molecular flexibility index (Phi) is 7.26. The average molecular weight is 431 g/mol. The summed E-state index contributed by atoms with van der Waals surface area (Å²) in [6, 6.07) is 1.97. The third-order valence-electron chi connectivity index (χ3n) is 5.91. The van der Waals surface area contributed by atoms with E-state index in [9.17, 15) is 9.59 Å². The van der Waals surface area contributed by atoms with Gasteiger partial charge in [-0.25, -0.2) is 4.79 Å². The molecule has 0 radical (unpaired) electrons. The molecule has 1 aromatic rings. The van der Waals surface area contributed by atoms with Gasteiger partial charge in [0.1, 0.15) is 4.88 Å². The molecule has 0 aromatic carbocycles. The monoisotopic (exact) mass is 430 g/mol. The molecule has 1 saturated heterocycles. The van der Waals surface area contributed by atoms with E-state index in [-0.39, 0.29) is 23.3 Å². The predicted octanol–water partition coefficient (Wildman–Crippen LogP) is 4.45. The maximum Gasteiger partial charge on any atom is 0.350 e. The molecule has 1 N–H and O–H groups in total. The molecule has 1 aliphatic heterocycles. The number of nitrogens with zero attached hydrogens (tertiary/aromatic N) is 1. The number of thiophene rings is 1. The molecule has 30 heavy (non-hydrogen) atoms. The number of esters is 1. The fourth-order valence-electron chi connectivity index (χ4n) is 4.17. The second kappa shape index (κ2) is 9.53. The molecule has 5 nitrogen and oxygen atoms in total. The topological polar surface area (TPSA) is 58.6 Å². The summed E-state index contributed by atoms with van der Waals surface area (Å²) in [5, 5.41) is 3.37. The molecular formula is C24H34N2O3S. The van der Waals surface area contributed by atoms with Crippen molar-refractivity contribution in [3.05, 3.63) is 15.8 Å². The second-order valence-electron chi connectivity index (χ2n) is 9.63. The number of carbonyl (C=O) groups is 2. The third kappa shape index (κ3) is 5.44. The number of hydrogen-bond donors (Lipinski definition) is 1. The first-order valence-electron chi connectivity index (χ1n) is 11.0. The Morgan fingerprint density at radius 1 is 1.20 bits per heavy atom. The predicted molar refractivity (Wildman–Crippen MR) is 122 cm³/mol. The first-order valence-corrected chi connectivity index (χ1v) is 11.8. The van der Waals surface area contributed by atoms with E-state index in [2.05, 4.69) is 44.9 Å². The van der Waals surface area contributed by atoms with E-state index in [0.29, 0.717) is 16.5 Å². The Bertz CT molecular complexity index is 829. The second-order valence-corrected chi connectivity index (χ2v) is 10.7. The Morgan fingerprint density at radius 2 is 1.90 bits per heavy atom. The number of amides is 1. The first kappa shape index (κ1) is 22.8. The fourth-order valence-corrected chi connectivity index (χ4v) is 5.09. The molecule has 164 valence electrons. The van der Waals surface area contributed by atoms with Crippen LogP contribution in [0.2, 0.25) is 0 Å². The molecule has 1 aromatic heterocycles. The Morgan fingerprint density at radius 3 is 2.47 bits per heavy atom.